The zero-order chi connectivity index (χ0) is 23.8. The molecule has 5 rings (SSSR count). The summed E-state index contributed by atoms with van der Waals surface area (Å²) in [5.41, 5.74) is 2.18. The Morgan fingerprint density at radius 3 is 2.35 bits per heavy atom. The summed E-state index contributed by atoms with van der Waals surface area (Å²) in [5.74, 6) is -0.0114. The maximum atomic E-state index is 13.1. The van der Waals surface area contributed by atoms with Gasteiger partial charge in [0.05, 0.1) is 22.4 Å². The van der Waals surface area contributed by atoms with E-state index in [0.29, 0.717) is 36.1 Å². The largest absolute Gasteiger partial charge is 0.366 e. The molecule has 3 aliphatic rings. The highest BCUT2D eigenvalue weighted by molar-refractivity contribution is 6.22. The van der Waals surface area contributed by atoms with Gasteiger partial charge in [0.15, 0.2) is 0 Å². The van der Waals surface area contributed by atoms with Crippen LogP contribution in [-0.2, 0) is 16.0 Å². The van der Waals surface area contributed by atoms with Crippen LogP contribution in [0.1, 0.15) is 44.6 Å². The van der Waals surface area contributed by atoms with E-state index in [1.165, 1.54) is 16.5 Å². The minimum atomic E-state index is -0.394. The van der Waals surface area contributed by atoms with Gasteiger partial charge in [0.2, 0.25) is 11.8 Å². The van der Waals surface area contributed by atoms with Crippen LogP contribution in [0.3, 0.4) is 0 Å². The number of carbonyl (C=O) groups excluding carboxylic acids is 2. The first-order chi connectivity index (χ1) is 16.4. The summed E-state index contributed by atoms with van der Waals surface area (Å²) in [6, 6.07) is 15.3. The zero-order valence-corrected chi connectivity index (χ0v) is 19.6. The lowest BCUT2D eigenvalue weighted by Gasteiger charge is -2.33. The molecule has 2 aromatic carbocycles. The average molecular weight is 462 g/mol. The Balaban J connectivity index is 1.33. The molecule has 7 heteroatoms. The summed E-state index contributed by atoms with van der Waals surface area (Å²) in [5, 5.41) is 12.0. The molecule has 0 radical (unpaired) electrons. The van der Waals surface area contributed by atoms with E-state index in [1.54, 1.807) is 12.1 Å². The first-order valence-electron chi connectivity index (χ1n) is 12.4. The molecule has 1 aliphatic carbocycles. The molecule has 2 heterocycles. The zero-order valence-electron chi connectivity index (χ0n) is 19.6. The van der Waals surface area contributed by atoms with Crippen LogP contribution in [0, 0.1) is 33.8 Å². The van der Waals surface area contributed by atoms with E-state index in [9.17, 15) is 19.7 Å². The van der Waals surface area contributed by atoms with Gasteiger partial charge < -0.3 is 4.90 Å². The SMILES string of the molecule is C[C@@H]1CC[C@@H]2C(=O)N(c3ccc(N4CCC(Cc5ccccc5)CC4)c([N+](=O)[O-])c3)C(=O)[C@@H]2C1. The lowest BCUT2D eigenvalue weighted by atomic mass is 9.76. The van der Waals surface area contributed by atoms with Crippen LogP contribution in [-0.4, -0.2) is 29.8 Å². The molecule has 1 saturated carbocycles. The summed E-state index contributed by atoms with van der Waals surface area (Å²) in [6.07, 6.45) is 5.33. The number of hydrogen-bond acceptors (Lipinski definition) is 5. The first-order valence-corrected chi connectivity index (χ1v) is 12.4. The van der Waals surface area contributed by atoms with Crippen molar-refractivity contribution in [3.05, 3.63) is 64.2 Å². The number of amides is 2. The molecule has 0 N–H and O–H groups in total. The molecule has 0 aromatic heterocycles. The van der Waals surface area contributed by atoms with Gasteiger partial charge in [-0.2, -0.15) is 0 Å². The number of benzene rings is 2. The predicted octanol–water partition coefficient (Wildman–Crippen LogP) is 4.98. The maximum absolute atomic E-state index is 13.1. The van der Waals surface area contributed by atoms with Crippen LogP contribution in [0.25, 0.3) is 0 Å². The van der Waals surface area contributed by atoms with Gasteiger partial charge in [-0.25, -0.2) is 4.90 Å². The third kappa shape index (κ3) is 4.19. The topological polar surface area (TPSA) is 83.8 Å². The molecule has 2 aliphatic heterocycles. The van der Waals surface area contributed by atoms with E-state index in [-0.39, 0.29) is 29.3 Å². The third-order valence-electron chi connectivity index (χ3n) is 7.92. The highest BCUT2D eigenvalue weighted by atomic mass is 16.6. The van der Waals surface area contributed by atoms with E-state index in [4.69, 9.17) is 0 Å². The van der Waals surface area contributed by atoms with Crippen LogP contribution >= 0.6 is 0 Å². The highest BCUT2D eigenvalue weighted by Gasteiger charge is 2.50. The van der Waals surface area contributed by atoms with Crippen LogP contribution < -0.4 is 9.80 Å². The van der Waals surface area contributed by atoms with Gasteiger partial charge in [-0.05, 0) is 68.1 Å². The number of nitro benzene ring substituents is 1. The van der Waals surface area contributed by atoms with Crippen molar-refractivity contribution in [2.45, 2.75) is 45.4 Å². The smallest absolute Gasteiger partial charge is 0.294 e. The number of nitro groups is 1. The number of hydrogen-bond donors (Lipinski definition) is 0. The number of anilines is 2. The number of imide groups is 1. The maximum Gasteiger partial charge on any atom is 0.294 e. The summed E-state index contributed by atoms with van der Waals surface area (Å²) in [6.45, 7) is 3.61. The van der Waals surface area contributed by atoms with Crippen LogP contribution in [0.2, 0.25) is 0 Å². The number of fused-ring (bicyclic) bond motifs is 1. The Morgan fingerprint density at radius 2 is 1.65 bits per heavy atom. The van der Waals surface area contributed by atoms with E-state index < -0.39 is 4.92 Å². The minimum absolute atomic E-state index is 0.0390. The Morgan fingerprint density at radius 1 is 0.941 bits per heavy atom. The summed E-state index contributed by atoms with van der Waals surface area (Å²) < 4.78 is 0. The molecule has 0 bridgehead atoms. The Kier molecular flexibility index (Phi) is 6.11. The van der Waals surface area contributed by atoms with Gasteiger partial charge in [-0.1, -0.05) is 37.3 Å². The molecule has 178 valence electrons. The van der Waals surface area contributed by atoms with Gasteiger partial charge in [0.1, 0.15) is 5.69 Å². The molecule has 7 nitrogen and oxygen atoms in total. The molecule has 3 atom stereocenters. The quantitative estimate of drug-likeness (QED) is 0.356. The van der Waals surface area contributed by atoms with Crippen molar-refractivity contribution in [2.24, 2.45) is 23.7 Å². The molecular weight excluding hydrogens is 430 g/mol. The summed E-state index contributed by atoms with van der Waals surface area (Å²) in [4.78, 5) is 41.0. The summed E-state index contributed by atoms with van der Waals surface area (Å²) in [7, 11) is 0. The Labute approximate surface area is 199 Å². The first kappa shape index (κ1) is 22.6. The standard InChI is InChI=1S/C27H31N3O4/c1-18-7-9-22-23(15-18)27(32)29(26(22)31)21-8-10-24(25(17-21)30(33)34)28-13-11-20(12-14-28)16-19-5-3-2-4-6-19/h2-6,8,10,17-18,20,22-23H,7,9,11-16H2,1H3/t18-,22+,23-/m1/s1. The van der Waals surface area contributed by atoms with Crippen LogP contribution in [0.15, 0.2) is 48.5 Å². The Bertz CT molecular complexity index is 1090. The number of piperidine rings is 1. The molecule has 2 amide bonds. The molecule has 2 aromatic rings. The van der Waals surface area contributed by atoms with Gasteiger partial charge in [0.25, 0.3) is 5.69 Å². The molecule has 34 heavy (non-hydrogen) atoms. The second kappa shape index (κ2) is 9.20. The van der Waals surface area contributed by atoms with Crippen LogP contribution in [0.4, 0.5) is 17.1 Å². The summed E-state index contributed by atoms with van der Waals surface area (Å²) >= 11 is 0. The van der Waals surface area contributed by atoms with Gasteiger partial charge >= 0.3 is 0 Å². The van der Waals surface area contributed by atoms with Crippen molar-refractivity contribution in [1.29, 1.82) is 0 Å². The van der Waals surface area contributed by atoms with Crippen molar-refractivity contribution in [3.63, 3.8) is 0 Å². The molecule has 0 spiro atoms. The Hall–Kier alpha value is -3.22. The van der Waals surface area contributed by atoms with E-state index in [1.807, 2.05) is 6.07 Å². The normalized spacial score (nSPS) is 25.5. The fourth-order valence-corrected chi connectivity index (χ4v) is 6.03. The molecule has 3 fully saturated rings. The second-order valence-electron chi connectivity index (χ2n) is 10.2. The molecule has 0 unspecified atom stereocenters. The van der Waals surface area contributed by atoms with Crippen molar-refractivity contribution >= 4 is 28.9 Å². The van der Waals surface area contributed by atoms with Gasteiger partial charge in [-0.3, -0.25) is 19.7 Å². The number of carbonyl (C=O) groups is 2. The average Bonchev–Trinajstić information content (AvgIpc) is 3.09. The van der Waals surface area contributed by atoms with Crippen molar-refractivity contribution in [3.8, 4) is 0 Å². The molecule has 2 saturated heterocycles. The third-order valence-corrected chi connectivity index (χ3v) is 7.92. The van der Waals surface area contributed by atoms with Crippen LogP contribution in [0.5, 0.6) is 0 Å². The van der Waals surface area contributed by atoms with Gasteiger partial charge in [-0.15, -0.1) is 0 Å². The van der Waals surface area contributed by atoms with E-state index in [0.717, 1.165) is 38.8 Å². The van der Waals surface area contributed by atoms with Gasteiger partial charge in [0, 0.05) is 19.2 Å². The lowest BCUT2D eigenvalue weighted by Crippen LogP contribution is -2.35. The minimum Gasteiger partial charge on any atom is -0.366 e. The number of nitrogens with zero attached hydrogens (tertiary/aromatic N) is 3. The number of rotatable bonds is 5. The fourth-order valence-electron chi connectivity index (χ4n) is 6.03. The molecular formula is C27H31N3O4. The van der Waals surface area contributed by atoms with Crippen molar-refractivity contribution in [2.75, 3.05) is 22.9 Å². The van der Waals surface area contributed by atoms with E-state index in [2.05, 4.69) is 36.1 Å². The predicted molar refractivity (Wildman–Crippen MR) is 131 cm³/mol. The highest BCUT2D eigenvalue weighted by Crippen LogP contribution is 2.43. The lowest BCUT2D eigenvalue weighted by molar-refractivity contribution is -0.384. The van der Waals surface area contributed by atoms with E-state index >= 15 is 0 Å². The van der Waals surface area contributed by atoms with Crippen molar-refractivity contribution < 1.29 is 14.5 Å². The fraction of sp³-hybridized carbons (Fsp3) is 0.481. The van der Waals surface area contributed by atoms with Crippen molar-refractivity contribution in [1.82, 2.24) is 0 Å². The second-order valence-corrected chi connectivity index (χ2v) is 10.2. The monoisotopic (exact) mass is 461 g/mol.